The predicted octanol–water partition coefficient (Wildman–Crippen LogP) is 3.45. The molecule has 35 heavy (non-hydrogen) atoms. The molecule has 0 bridgehead atoms. The van der Waals surface area contributed by atoms with Crippen molar-refractivity contribution in [2.24, 2.45) is 0 Å². The fourth-order valence-electron chi connectivity index (χ4n) is 5.00. The van der Waals surface area contributed by atoms with Gasteiger partial charge in [0.05, 0.1) is 17.9 Å². The molecule has 0 aliphatic carbocycles. The molecule has 1 N–H and O–H groups in total. The van der Waals surface area contributed by atoms with Gasteiger partial charge in [-0.3, -0.25) is 14.4 Å². The van der Waals surface area contributed by atoms with Gasteiger partial charge in [-0.1, -0.05) is 25.1 Å². The van der Waals surface area contributed by atoms with Gasteiger partial charge in [-0.15, -0.1) is 0 Å². The van der Waals surface area contributed by atoms with E-state index in [1.165, 1.54) is 4.90 Å². The van der Waals surface area contributed by atoms with E-state index in [-0.39, 0.29) is 17.9 Å². The summed E-state index contributed by atoms with van der Waals surface area (Å²) in [7, 11) is 1.55. The number of ether oxygens (including phenoxy) is 2. The van der Waals surface area contributed by atoms with Crippen molar-refractivity contribution in [3.63, 3.8) is 0 Å². The quantitative estimate of drug-likeness (QED) is 0.257. The molecule has 2 aliphatic heterocycles. The number of hydrogen-bond acceptors (Lipinski definition) is 6. The molecule has 0 aromatic heterocycles. The zero-order chi connectivity index (χ0) is 25.2. The average molecular weight is 479 g/mol. The maximum atomic E-state index is 14.2. The summed E-state index contributed by atoms with van der Waals surface area (Å²) >= 11 is 0. The molecule has 8 nitrogen and oxygen atoms in total. The van der Waals surface area contributed by atoms with E-state index >= 15 is 0 Å². The Morgan fingerprint density at radius 1 is 1.00 bits per heavy atom. The number of ketones is 1. The van der Waals surface area contributed by atoms with Gasteiger partial charge < -0.3 is 24.4 Å². The van der Waals surface area contributed by atoms with Crippen LogP contribution in [0.25, 0.3) is 5.76 Å². The molecule has 2 amide bonds. The van der Waals surface area contributed by atoms with Gasteiger partial charge in [0.2, 0.25) is 0 Å². The smallest absolute Gasteiger partial charge is 0.296 e. The van der Waals surface area contributed by atoms with E-state index in [4.69, 9.17) is 9.47 Å². The maximum Gasteiger partial charge on any atom is 0.296 e. The number of Topliss-reactive ketones (excluding diaryl/α,β-unsaturated/α-hetero) is 1. The number of benzene rings is 2. The van der Waals surface area contributed by atoms with Gasteiger partial charge in [0.1, 0.15) is 11.5 Å². The van der Waals surface area contributed by atoms with E-state index in [1.54, 1.807) is 48.4 Å². The lowest BCUT2D eigenvalue weighted by Gasteiger charge is -2.34. The van der Waals surface area contributed by atoms with Crippen molar-refractivity contribution in [2.75, 3.05) is 38.3 Å². The van der Waals surface area contributed by atoms with Crippen LogP contribution in [0, 0.1) is 0 Å². The van der Waals surface area contributed by atoms with Gasteiger partial charge in [0.15, 0.2) is 5.54 Å². The first-order chi connectivity index (χ1) is 16.9. The van der Waals surface area contributed by atoms with Crippen LogP contribution in [-0.2, 0) is 24.7 Å². The average Bonchev–Trinajstić information content (AvgIpc) is 3.24. The summed E-state index contributed by atoms with van der Waals surface area (Å²) in [5, 5.41) is 11.4. The Hall–Kier alpha value is -3.65. The minimum atomic E-state index is -1.74. The van der Waals surface area contributed by atoms with E-state index < -0.39 is 23.1 Å². The number of amides is 2. The monoisotopic (exact) mass is 478 g/mol. The summed E-state index contributed by atoms with van der Waals surface area (Å²) in [6.45, 7) is 5.20. The summed E-state index contributed by atoms with van der Waals surface area (Å²) in [5.74, 6) is -1.88. The molecule has 2 aromatic rings. The number of carbonyl (C=O) groups is 3. The van der Waals surface area contributed by atoms with E-state index in [0.29, 0.717) is 55.2 Å². The third-order valence-electron chi connectivity index (χ3n) is 6.43. The summed E-state index contributed by atoms with van der Waals surface area (Å²) in [5.41, 5.74) is -0.476. The number of rotatable bonds is 9. The molecule has 2 aliphatic rings. The van der Waals surface area contributed by atoms with Gasteiger partial charge >= 0.3 is 0 Å². The molecule has 0 unspecified atom stereocenters. The highest BCUT2D eigenvalue weighted by Crippen LogP contribution is 2.53. The molecule has 8 heteroatoms. The minimum absolute atomic E-state index is 0.124. The minimum Gasteiger partial charge on any atom is -0.507 e. The summed E-state index contributed by atoms with van der Waals surface area (Å²) in [4.78, 5) is 43.9. The first-order valence-electron chi connectivity index (χ1n) is 11.9. The second-order valence-electron chi connectivity index (χ2n) is 8.50. The van der Waals surface area contributed by atoms with Crippen molar-refractivity contribution < 1.29 is 29.0 Å². The van der Waals surface area contributed by atoms with Crippen LogP contribution < -0.4 is 9.64 Å². The van der Waals surface area contributed by atoms with Gasteiger partial charge in [-0.2, -0.15) is 0 Å². The van der Waals surface area contributed by atoms with Crippen LogP contribution in [0.5, 0.6) is 5.75 Å². The van der Waals surface area contributed by atoms with Crippen molar-refractivity contribution in [1.29, 1.82) is 0 Å². The molecular formula is C27H30N2O6. The van der Waals surface area contributed by atoms with Gasteiger partial charge in [-0.25, -0.2) is 0 Å². The SMILES string of the molecule is CCCN1C(=O)[C@]2(C(=C(O)c3ccc(OCC)cc3)C(=O)C(=O)N2CCCOC)c2ccccc21. The lowest BCUT2D eigenvalue weighted by Crippen LogP contribution is -2.52. The van der Waals surface area contributed by atoms with Crippen LogP contribution in [0.3, 0.4) is 0 Å². The van der Waals surface area contributed by atoms with E-state index in [1.807, 2.05) is 26.0 Å². The van der Waals surface area contributed by atoms with Crippen LogP contribution in [0.4, 0.5) is 5.69 Å². The molecule has 184 valence electrons. The van der Waals surface area contributed by atoms with Crippen molar-refractivity contribution in [3.05, 3.63) is 65.2 Å². The molecule has 1 spiro atoms. The fourth-order valence-corrected chi connectivity index (χ4v) is 5.00. The fraction of sp³-hybridized carbons (Fsp3) is 0.370. The zero-order valence-electron chi connectivity index (χ0n) is 20.2. The van der Waals surface area contributed by atoms with Gasteiger partial charge in [0.25, 0.3) is 17.6 Å². The Bertz CT molecular complexity index is 1170. The molecule has 2 heterocycles. The Labute approximate surface area is 204 Å². The standard InChI is InChI=1S/C27H30N2O6/c1-4-15-28-21-10-7-6-9-20(21)27(26(28)33)22(24(31)25(32)29(27)16-8-17-34-3)23(30)18-11-13-19(14-12-18)35-5-2/h6-7,9-14,30H,4-5,8,15-17H2,1-3H3/t27-/m1/s1. The topological polar surface area (TPSA) is 96.4 Å². The number of para-hydroxylation sites is 1. The number of methoxy groups -OCH3 is 1. The number of likely N-dealkylation sites (tertiary alicyclic amines) is 1. The van der Waals surface area contributed by atoms with Crippen molar-refractivity contribution in [1.82, 2.24) is 4.90 Å². The molecule has 1 saturated heterocycles. The molecule has 1 fully saturated rings. The van der Waals surface area contributed by atoms with Crippen LogP contribution >= 0.6 is 0 Å². The second-order valence-corrected chi connectivity index (χ2v) is 8.50. The normalized spacial score (nSPS) is 20.7. The first-order valence-corrected chi connectivity index (χ1v) is 11.9. The predicted molar refractivity (Wildman–Crippen MR) is 131 cm³/mol. The van der Waals surface area contributed by atoms with Crippen molar-refractivity contribution >= 4 is 29.0 Å². The Balaban J connectivity index is 1.97. The molecule has 1 atom stereocenters. The third-order valence-corrected chi connectivity index (χ3v) is 6.43. The van der Waals surface area contributed by atoms with Crippen molar-refractivity contribution in [3.8, 4) is 5.75 Å². The van der Waals surface area contributed by atoms with Crippen LogP contribution in [-0.4, -0.2) is 61.0 Å². The summed E-state index contributed by atoms with van der Waals surface area (Å²) < 4.78 is 10.6. The highest BCUT2D eigenvalue weighted by Gasteiger charge is 2.66. The molecule has 4 rings (SSSR count). The van der Waals surface area contributed by atoms with E-state index in [0.717, 1.165) is 0 Å². The first kappa shape index (κ1) is 24.5. The molecular weight excluding hydrogens is 448 g/mol. The summed E-state index contributed by atoms with van der Waals surface area (Å²) in [6.07, 6.45) is 1.11. The van der Waals surface area contributed by atoms with Gasteiger partial charge in [-0.05, 0) is 50.1 Å². The van der Waals surface area contributed by atoms with Crippen molar-refractivity contribution in [2.45, 2.75) is 32.2 Å². The number of carbonyl (C=O) groups excluding carboxylic acids is 3. The molecule has 0 saturated carbocycles. The highest BCUT2D eigenvalue weighted by atomic mass is 16.5. The maximum absolute atomic E-state index is 14.2. The zero-order valence-corrected chi connectivity index (χ0v) is 20.2. The number of hydrogen-bond donors (Lipinski definition) is 1. The number of fused-ring (bicyclic) bond motifs is 2. The largest absolute Gasteiger partial charge is 0.507 e. The van der Waals surface area contributed by atoms with Crippen LogP contribution in [0.1, 0.15) is 37.8 Å². The molecule has 0 radical (unpaired) electrons. The summed E-state index contributed by atoms with van der Waals surface area (Å²) in [6, 6.07) is 13.7. The number of aliphatic hydroxyl groups excluding tert-OH is 1. The van der Waals surface area contributed by atoms with Crippen LogP contribution in [0.2, 0.25) is 0 Å². The third kappa shape index (κ3) is 3.78. The second kappa shape index (κ2) is 9.92. The highest BCUT2D eigenvalue weighted by molar-refractivity contribution is 6.50. The Morgan fingerprint density at radius 3 is 2.37 bits per heavy atom. The number of aliphatic hydroxyl groups is 1. The van der Waals surface area contributed by atoms with E-state index in [9.17, 15) is 19.5 Å². The van der Waals surface area contributed by atoms with E-state index in [2.05, 4.69) is 0 Å². The molecule has 2 aromatic carbocycles. The Kier molecular flexibility index (Phi) is 6.93. The number of anilines is 1. The van der Waals surface area contributed by atoms with Gasteiger partial charge in [0, 0.05) is 37.9 Å². The van der Waals surface area contributed by atoms with Crippen LogP contribution in [0.15, 0.2) is 54.1 Å². The Morgan fingerprint density at radius 2 is 1.71 bits per heavy atom. The lowest BCUT2D eigenvalue weighted by molar-refractivity contribution is -0.143. The number of nitrogens with zero attached hydrogens (tertiary/aromatic N) is 2. The lowest BCUT2D eigenvalue weighted by atomic mass is 9.82.